The number of fused-ring (bicyclic) bond motifs is 2. The molecule has 0 aromatic carbocycles. The third-order valence-electron chi connectivity index (χ3n) is 5.31. The van der Waals surface area contributed by atoms with E-state index in [0.717, 1.165) is 67.5 Å². The lowest BCUT2D eigenvalue weighted by Crippen LogP contribution is -2.37. The van der Waals surface area contributed by atoms with Crippen LogP contribution in [0.15, 0.2) is 18.5 Å². The number of pyridine rings is 1. The van der Waals surface area contributed by atoms with E-state index in [0.29, 0.717) is 12.0 Å². The van der Waals surface area contributed by atoms with Crippen molar-refractivity contribution in [2.24, 2.45) is 0 Å². The summed E-state index contributed by atoms with van der Waals surface area (Å²) >= 11 is 0. The van der Waals surface area contributed by atoms with E-state index in [1.54, 1.807) is 0 Å². The molecule has 8 nitrogen and oxygen atoms in total. The highest BCUT2D eigenvalue weighted by Crippen LogP contribution is 2.34. The Kier molecular flexibility index (Phi) is 3.44. The second kappa shape index (κ2) is 5.80. The molecule has 2 aliphatic heterocycles. The number of ether oxygens (including phenoxy) is 1. The minimum atomic E-state index is 0.326. The molecular weight excluding hydrogens is 318 g/mol. The van der Waals surface area contributed by atoms with E-state index in [4.69, 9.17) is 4.74 Å². The van der Waals surface area contributed by atoms with Crippen LogP contribution in [0.4, 0.5) is 5.69 Å². The van der Waals surface area contributed by atoms with Gasteiger partial charge in [0.15, 0.2) is 11.5 Å². The van der Waals surface area contributed by atoms with Crippen molar-refractivity contribution < 1.29 is 4.74 Å². The van der Waals surface area contributed by atoms with Gasteiger partial charge < -0.3 is 14.2 Å². The molecule has 1 atom stereocenters. The first kappa shape index (κ1) is 14.8. The number of nitrogens with one attached hydrogen (secondary N) is 1. The van der Waals surface area contributed by atoms with Gasteiger partial charge >= 0.3 is 0 Å². The van der Waals surface area contributed by atoms with Crippen LogP contribution in [-0.2, 0) is 11.3 Å². The lowest BCUT2D eigenvalue weighted by molar-refractivity contribution is 0.0823. The fourth-order valence-electron chi connectivity index (χ4n) is 4.09. The second-order valence-electron chi connectivity index (χ2n) is 6.92. The molecule has 0 saturated carbocycles. The van der Waals surface area contributed by atoms with Crippen molar-refractivity contribution in [3.63, 3.8) is 0 Å². The molecule has 0 unspecified atom stereocenters. The largest absolute Gasteiger partial charge is 0.381 e. The highest BCUT2D eigenvalue weighted by atomic mass is 16.5. The second-order valence-corrected chi connectivity index (χ2v) is 6.92. The average molecular weight is 339 g/mol. The summed E-state index contributed by atoms with van der Waals surface area (Å²) in [5.41, 5.74) is 1.97. The summed E-state index contributed by atoms with van der Waals surface area (Å²) in [6.45, 7) is 5.57. The van der Waals surface area contributed by atoms with E-state index in [2.05, 4.69) is 47.8 Å². The fourth-order valence-corrected chi connectivity index (χ4v) is 4.09. The molecule has 2 aliphatic rings. The van der Waals surface area contributed by atoms with Gasteiger partial charge in [-0.1, -0.05) is 0 Å². The molecule has 0 amide bonds. The molecule has 0 spiro atoms. The number of hydrogen-bond acceptors (Lipinski definition) is 6. The molecule has 0 aliphatic carbocycles. The molecule has 0 radical (unpaired) electrons. The van der Waals surface area contributed by atoms with Crippen LogP contribution in [0.3, 0.4) is 0 Å². The maximum Gasteiger partial charge on any atom is 0.157 e. The van der Waals surface area contributed by atoms with Gasteiger partial charge in [0, 0.05) is 31.9 Å². The minimum Gasteiger partial charge on any atom is -0.381 e. The smallest absolute Gasteiger partial charge is 0.157 e. The molecule has 3 aromatic heterocycles. The third-order valence-corrected chi connectivity index (χ3v) is 5.31. The number of aromatic amines is 1. The Hall–Kier alpha value is -2.48. The highest BCUT2D eigenvalue weighted by Gasteiger charge is 2.31. The zero-order valence-electron chi connectivity index (χ0n) is 14.2. The van der Waals surface area contributed by atoms with Crippen LogP contribution in [-0.4, -0.2) is 49.7 Å². The first-order chi connectivity index (χ1) is 12.3. The normalized spacial score (nSPS) is 21.6. The maximum absolute atomic E-state index is 5.50. The monoisotopic (exact) mass is 339 g/mol. The lowest BCUT2D eigenvalue weighted by Gasteiger charge is -2.35. The van der Waals surface area contributed by atoms with Crippen molar-refractivity contribution >= 4 is 16.7 Å². The van der Waals surface area contributed by atoms with Gasteiger partial charge in [0.1, 0.15) is 5.82 Å². The fraction of sp³-hybridized carbons (Fsp3) is 0.529. The highest BCUT2D eigenvalue weighted by molar-refractivity contribution is 5.88. The van der Waals surface area contributed by atoms with Gasteiger partial charge in [0.25, 0.3) is 0 Å². The van der Waals surface area contributed by atoms with Crippen LogP contribution in [0.25, 0.3) is 11.0 Å². The van der Waals surface area contributed by atoms with E-state index in [9.17, 15) is 0 Å². The third kappa shape index (κ3) is 2.39. The minimum absolute atomic E-state index is 0.326. The SMILES string of the molecule is C[C@H]1CN(c2ccnc3[nH]ncc23)Cc2nnc(C3CCOCC3)n21. The van der Waals surface area contributed by atoms with Crippen LogP contribution in [0.5, 0.6) is 0 Å². The predicted molar refractivity (Wildman–Crippen MR) is 92.5 cm³/mol. The van der Waals surface area contributed by atoms with Crippen molar-refractivity contribution in [2.45, 2.75) is 38.3 Å². The first-order valence-corrected chi connectivity index (χ1v) is 8.85. The van der Waals surface area contributed by atoms with Crippen molar-refractivity contribution in [1.29, 1.82) is 0 Å². The standard InChI is InChI=1S/C17H21N7O/c1-11-9-23(14-2-5-18-16-13(14)8-19-21-16)10-15-20-22-17(24(11)15)12-3-6-25-7-4-12/h2,5,8,11-12H,3-4,6-7,9-10H2,1H3,(H,18,19,21)/t11-/m0/s1. The molecule has 5 rings (SSSR count). The molecule has 8 heteroatoms. The van der Waals surface area contributed by atoms with Gasteiger partial charge in [-0.3, -0.25) is 5.10 Å². The summed E-state index contributed by atoms with van der Waals surface area (Å²) < 4.78 is 7.84. The Bertz CT molecular complexity index is 895. The van der Waals surface area contributed by atoms with Gasteiger partial charge in [0.05, 0.1) is 29.9 Å². The Morgan fingerprint density at radius 1 is 1.24 bits per heavy atom. The van der Waals surface area contributed by atoms with Crippen LogP contribution >= 0.6 is 0 Å². The predicted octanol–water partition coefficient (Wildman–Crippen LogP) is 2.02. The van der Waals surface area contributed by atoms with Crippen molar-refractivity contribution in [3.05, 3.63) is 30.1 Å². The molecule has 0 bridgehead atoms. The molecule has 130 valence electrons. The summed E-state index contributed by atoms with van der Waals surface area (Å²) in [5, 5.41) is 17.2. The summed E-state index contributed by atoms with van der Waals surface area (Å²) in [6, 6.07) is 2.38. The summed E-state index contributed by atoms with van der Waals surface area (Å²) in [7, 11) is 0. The van der Waals surface area contributed by atoms with E-state index >= 15 is 0 Å². The molecule has 1 N–H and O–H groups in total. The van der Waals surface area contributed by atoms with Gasteiger partial charge in [-0.25, -0.2) is 4.98 Å². The molecule has 3 aromatic rings. The average Bonchev–Trinajstić information content (AvgIpc) is 3.29. The summed E-state index contributed by atoms with van der Waals surface area (Å²) in [4.78, 5) is 6.68. The summed E-state index contributed by atoms with van der Waals surface area (Å²) in [5.74, 6) is 2.63. The van der Waals surface area contributed by atoms with Crippen LogP contribution < -0.4 is 4.90 Å². The Labute approximate surface area is 145 Å². The van der Waals surface area contributed by atoms with E-state index in [1.165, 1.54) is 0 Å². The van der Waals surface area contributed by atoms with Gasteiger partial charge in [0.2, 0.25) is 0 Å². The van der Waals surface area contributed by atoms with Crippen molar-refractivity contribution in [2.75, 3.05) is 24.7 Å². The maximum atomic E-state index is 5.50. The Balaban J connectivity index is 1.49. The quantitative estimate of drug-likeness (QED) is 0.769. The Morgan fingerprint density at radius 2 is 2.12 bits per heavy atom. The van der Waals surface area contributed by atoms with E-state index in [-0.39, 0.29) is 0 Å². The Morgan fingerprint density at radius 3 is 3.00 bits per heavy atom. The number of nitrogens with zero attached hydrogens (tertiary/aromatic N) is 6. The van der Waals surface area contributed by atoms with Crippen LogP contribution in [0.2, 0.25) is 0 Å². The number of aromatic nitrogens is 6. The lowest BCUT2D eigenvalue weighted by atomic mass is 9.98. The summed E-state index contributed by atoms with van der Waals surface area (Å²) in [6.07, 6.45) is 5.74. The molecule has 1 fully saturated rings. The molecular formula is C17H21N7O. The van der Waals surface area contributed by atoms with Crippen molar-refractivity contribution in [1.82, 2.24) is 29.9 Å². The van der Waals surface area contributed by atoms with Gasteiger partial charge in [-0.2, -0.15) is 5.10 Å². The topological polar surface area (TPSA) is 84.8 Å². The number of H-pyrrole nitrogens is 1. The van der Waals surface area contributed by atoms with E-state index < -0.39 is 0 Å². The van der Waals surface area contributed by atoms with Gasteiger partial charge in [-0.15, -0.1) is 10.2 Å². The van der Waals surface area contributed by atoms with Gasteiger partial charge in [-0.05, 0) is 25.8 Å². The van der Waals surface area contributed by atoms with Crippen LogP contribution in [0, 0.1) is 0 Å². The zero-order chi connectivity index (χ0) is 16.8. The number of anilines is 1. The molecule has 25 heavy (non-hydrogen) atoms. The number of rotatable bonds is 2. The molecule has 5 heterocycles. The number of hydrogen-bond donors (Lipinski definition) is 1. The van der Waals surface area contributed by atoms with Crippen LogP contribution in [0.1, 0.15) is 43.4 Å². The molecule has 1 saturated heterocycles. The van der Waals surface area contributed by atoms with Crippen molar-refractivity contribution in [3.8, 4) is 0 Å². The first-order valence-electron chi connectivity index (χ1n) is 8.85. The van der Waals surface area contributed by atoms with E-state index in [1.807, 2.05) is 12.4 Å². The zero-order valence-corrected chi connectivity index (χ0v) is 14.2.